The summed E-state index contributed by atoms with van der Waals surface area (Å²) >= 11 is 0. The quantitative estimate of drug-likeness (QED) is 0.211. The Labute approximate surface area is 222 Å². The van der Waals surface area contributed by atoms with Crippen LogP contribution in [-0.4, -0.2) is 72.7 Å². The van der Waals surface area contributed by atoms with Crippen LogP contribution >= 0.6 is 0 Å². The third-order valence-electron chi connectivity index (χ3n) is 4.95. The molecule has 0 fully saturated rings. The molecule has 3 aromatic rings. The molecule has 0 radical (unpaired) electrons. The lowest BCUT2D eigenvalue weighted by Crippen LogP contribution is -2.29. The first-order chi connectivity index (χ1) is 18.4. The predicted molar refractivity (Wildman–Crippen MR) is 137 cm³/mol. The van der Waals surface area contributed by atoms with Crippen LogP contribution in [0.2, 0.25) is 0 Å². The Morgan fingerprint density at radius 2 is 1.51 bits per heavy atom. The molecule has 16 heteroatoms. The van der Waals surface area contributed by atoms with E-state index in [9.17, 15) is 28.2 Å². The minimum atomic E-state index is -3.99. The van der Waals surface area contributed by atoms with Gasteiger partial charge in [-0.1, -0.05) is 0 Å². The van der Waals surface area contributed by atoms with E-state index in [1.807, 2.05) is 6.07 Å². The van der Waals surface area contributed by atoms with Crippen LogP contribution in [0.1, 0.15) is 31.8 Å². The lowest BCUT2D eigenvalue weighted by Gasteiger charge is -2.15. The highest BCUT2D eigenvalue weighted by atomic mass is 32.2. The number of carboxylic acid groups (broad SMARTS) is 2. The number of aromatic nitrogens is 3. The molecular weight excluding hydrogens is 530 g/mol. The van der Waals surface area contributed by atoms with Crippen molar-refractivity contribution in [3.8, 4) is 12.1 Å². The maximum Gasteiger partial charge on any atom is 0.335 e. The maximum absolute atomic E-state index is 12.6. The Balaban J connectivity index is 1.75. The van der Waals surface area contributed by atoms with Crippen molar-refractivity contribution in [2.24, 2.45) is 0 Å². The van der Waals surface area contributed by atoms with Gasteiger partial charge in [-0.05, 0) is 36.4 Å². The van der Waals surface area contributed by atoms with Crippen LogP contribution in [0.25, 0.3) is 0 Å². The average molecular weight is 552 g/mol. The van der Waals surface area contributed by atoms with Gasteiger partial charge in [-0.3, -0.25) is 0 Å². The Morgan fingerprint density at radius 3 is 2.08 bits per heavy atom. The molecule has 0 aliphatic rings. The van der Waals surface area contributed by atoms with Gasteiger partial charge in [0, 0.05) is 32.9 Å². The molecule has 0 amide bonds. The lowest BCUT2D eigenvalue weighted by atomic mass is 10.1. The topological polar surface area (TPSA) is 234 Å². The molecule has 1 heterocycles. The van der Waals surface area contributed by atoms with Crippen molar-refractivity contribution in [2.45, 2.75) is 4.90 Å². The van der Waals surface area contributed by atoms with Crippen molar-refractivity contribution in [3.63, 3.8) is 0 Å². The van der Waals surface area contributed by atoms with Gasteiger partial charge in [0.05, 0.1) is 27.1 Å². The van der Waals surface area contributed by atoms with E-state index in [-0.39, 0.29) is 63.8 Å². The van der Waals surface area contributed by atoms with E-state index >= 15 is 0 Å². The number of hydrogen-bond acceptors (Lipinski definition) is 12. The molecule has 200 valence electrons. The molecule has 0 saturated heterocycles. The van der Waals surface area contributed by atoms with E-state index in [4.69, 9.17) is 10.5 Å². The number of anilines is 4. The molecule has 0 aliphatic carbocycles. The number of nitrogens with one attached hydrogen (secondary N) is 3. The molecule has 15 nitrogen and oxygen atoms in total. The van der Waals surface area contributed by atoms with Gasteiger partial charge >= 0.3 is 11.9 Å². The van der Waals surface area contributed by atoms with E-state index in [0.717, 1.165) is 12.1 Å². The van der Waals surface area contributed by atoms with Crippen LogP contribution < -0.4 is 20.3 Å². The zero-order valence-corrected chi connectivity index (χ0v) is 21.3. The van der Waals surface area contributed by atoms with Crippen molar-refractivity contribution in [2.75, 3.05) is 42.7 Å². The highest BCUT2D eigenvalue weighted by Crippen LogP contribution is 2.21. The number of nitriles is 2. The number of rotatable bonds is 11. The number of hydrogen-bond donors (Lipinski definition) is 5. The van der Waals surface area contributed by atoms with Crippen molar-refractivity contribution in [1.82, 2.24) is 19.7 Å². The summed E-state index contributed by atoms with van der Waals surface area (Å²) in [6.45, 7) is -0.0623. The Morgan fingerprint density at radius 1 is 0.897 bits per heavy atom. The summed E-state index contributed by atoms with van der Waals surface area (Å²) < 4.78 is 27.5. The highest BCUT2D eigenvalue weighted by Gasteiger charge is 2.17. The number of aromatic carboxylic acids is 2. The molecule has 0 unspecified atom stereocenters. The molecule has 0 atom stereocenters. The highest BCUT2D eigenvalue weighted by molar-refractivity contribution is 7.89. The van der Waals surface area contributed by atoms with Crippen LogP contribution in [0, 0.1) is 22.7 Å². The second-order valence-corrected chi connectivity index (χ2v) is 9.73. The largest absolute Gasteiger partial charge is 0.478 e. The fraction of sp³-hybridized carbons (Fsp3) is 0.174. The van der Waals surface area contributed by atoms with Gasteiger partial charge < -0.3 is 25.7 Å². The Bertz CT molecular complexity index is 1600. The molecule has 39 heavy (non-hydrogen) atoms. The lowest BCUT2D eigenvalue weighted by molar-refractivity contribution is 0.0696. The minimum Gasteiger partial charge on any atom is -0.478 e. The van der Waals surface area contributed by atoms with Crippen molar-refractivity contribution in [3.05, 3.63) is 58.7 Å². The summed E-state index contributed by atoms with van der Waals surface area (Å²) in [6, 6.07) is 10.6. The first kappa shape index (κ1) is 28.3. The summed E-state index contributed by atoms with van der Waals surface area (Å²) in [5, 5.41) is 42.3. The van der Waals surface area contributed by atoms with Gasteiger partial charge in [0.15, 0.2) is 0 Å². The first-order valence-corrected chi connectivity index (χ1v) is 12.4. The van der Waals surface area contributed by atoms with Crippen molar-refractivity contribution >= 4 is 45.5 Å². The number of carboxylic acids is 2. The van der Waals surface area contributed by atoms with E-state index in [1.165, 1.54) is 24.3 Å². The molecule has 0 saturated carbocycles. The summed E-state index contributed by atoms with van der Waals surface area (Å²) in [5.41, 5.74) is -0.406. The van der Waals surface area contributed by atoms with E-state index in [0.29, 0.717) is 0 Å². The smallest absolute Gasteiger partial charge is 0.335 e. The maximum atomic E-state index is 12.6. The number of carbonyl (C=O) groups is 2. The third kappa shape index (κ3) is 7.13. The van der Waals surface area contributed by atoms with E-state index in [1.54, 1.807) is 25.1 Å². The standard InChI is InChI=1S/C23H21N9O6S/c1-32(2)23-30-21(26-5-6-27-39(37,38)18-4-3-13(11-24)16(10-18)12-25)29-22(31-23)28-17-8-14(19(33)34)7-15(9-17)20(35)36/h3-4,7-10,27H,5-6H2,1-2H3,(H,33,34)(H,35,36)(H2,26,28,29,30,31). The first-order valence-electron chi connectivity index (χ1n) is 10.9. The SMILES string of the molecule is CN(C)c1nc(NCCNS(=O)(=O)c2ccc(C#N)c(C#N)c2)nc(Nc2cc(C(=O)O)cc(C(=O)O)c2)n1. The summed E-state index contributed by atoms with van der Waals surface area (Å²) in [6.07, 6.45) is 0. The summed E-state index contributed by atoms with van der Waals surface area (Å²) in [5.74, 6) is -2.42. The molecule has 2 aromatic carbocycles. The molecule has 0 aliphatic heterocycles. The average Bonchev–Trinajstić information content (AvgIpc) is 2.90. The zero-order valence-electron chi connectivity index (χ0n) is 20.5. The summed E-state index contributed by atoms with van der Waals surface area (Å²) in [4.78, 5) is 36.8. The van der Waals surface area contributed by atoms with Crippen LogP contribution in [0.3, 0.4) is 0 Å². The van der Waals surface area contributed by atoms with E-state index in [2.05, 4.69) is 30.3 Å². The Kier molecular flexibility index (Phi) is 8.56. The Hall–Kier alpha value is -5.32. The van der Waals surface area contributed by atoms with Crippen LogP contribution in [0.15, 0.2) is 41.3 Å². The predicted octanol–water partition coefficient (Wildman–Crippen LogP) is 1.21. The fourth-order valence-electron chi connectivity index (χ4n) is 3.10. The van der Waals surface area contributed by atoms with Crippen molar-refractivity contribution < 1.29 is 28.2 Å². The molecule has 0 spiro atoms. The monoisotopic (exact) mass is 551 g/mol. The van der Waals surface area contributed by atoms with Gasteiger partial charge in [-0.2, -0.15) is 25.5 Å². The van der Waals surface area contributed by atoms with Crippen LogP contribution in [-0.2, 0) is 10.0 Å². The molecule has 1 aromatic heterocycles. The van der Waals surface area contributed by atoms with Crippen molar-refractivity contribution in [1.29, 1.82) is 10.5 Å². The molecule has 3 rings (SSSR count). The molecule has 5 N–H and O–H groups in total. The third-order valence-corrected chi connectivity index (χ3v) is 6.41. The normalized spacial score (nSPS) is 10.7. The zero-order chi connectivity index (χ0) is 28.7. The van der Waals surface area contributed by atoms with Gasteiger partial charge in [-0.15, -0.1) is 0 Å². The van der Waals surface area contributed by atoms with Gasteiger partial charge in [0.1, 0.15) is 12.1 Å². The number of nitrogens with zero attached hydrogens (tertiary/aromatic N) is 6. The van der Waals surface area contributed by atoms with Gasteiger partial charge in [0.25, 0.3) is 0 Å². The fourth-order valence-corrected chi connectivity index (χ4v) is 4.16. The summed E-state index contributed by atoms with van der Waals surface area (Å²) in [7, 11) is -0.656. The number of sulfonamides is 1. The molecule has 0 bridgehead atoms. The van der Waals surface area contributed by atoms with Gasteiger partial charge in [0.2, 0.25) is 27.9 Å². The van der Waals surface area contributed by atoms with Gasteiger partial charge in [-0.25, -0.2) is 22.7 Å². The van der Waals surface area contributed by atoms with E-state index < -0.39 is 22.0 Å². The molecular formula is C23H21N9O6S. The second kappa shape index (κ2) is 11.8. The van der Waals surface area contributed by atoms with Crippen LogP contribution in [0.4, 0.5) is 23.5 Å². The van der Waals surface area contributed by atoms with Crippen LogP contribution in [0.5, 0.6) is 0 Å². The number of benzene rings is 2. The second-order valence-electron chi connectivity index (χ2n) is 7.97. The minimum absolute atomic E-state index is 0.0303.